The molecule has 228 valence electrons. The zero-order valence-electron chi connectivity index (χ0n) is 32.5. The van der Waals surface area contributed by atoms with Crippen LogP contribution in [-0.2, 0) is 0 Å². The van der Waals surface area contributed by atoms with Crippen LogP contribution in [0.5, 0.6) is 0 Å². The first kappa shape index (κ1) is 43.8. The van der Waals surface area contributed by atoms with E-state index in [2.05, 4.69) is 0 Å². The van der Waals surface area contributed by atoms with E-state index in [1.165, 1.54) is 0 Å². The Hall–Kier alpha value is -3.84. The van der Waals surface area contributed by atoms with Gasteiger partial charge in [-0.15, -0.1) is 43.7 Å². The first-order valence-electron chi connectivity index (χ1n) is 18.2. The first-order valence-corrected chi connectivity index (χ1v) is 18.2. The van der Waals surface area contributed by atoms with Crippen LogP contribution in [0.3, 0.4) is 0 Å². The molecule has 0 unspecified atom stereocenters. The van der Waals surface area contributed by atoms with Crippen molar-refractivity contribution in [3.63, 3.8) is 0 Å². The predicted octanol–water partition coefficient (Wildman–Crippen LogP) is -14.0. The molecule has 0 spiro atoms. The standard InChI is InChI=1S/C40H5B21/c41-20-15-13(14-16-19(31(52)34(55)26(14)47)32(53)40(61)39(60)27(16)48)25(46)33(54)30(51)18(15)29(50)28(49)17(20)8-11-9(21(42)35(56)37(58)23(11)44)7(6-4-2-1-3-5-6)10-12(8)24(45)38(59)36(57)22(10)43/h1-5H. The van der Waals surface area contributed by atoms with E-state index in [9.17, 15) is 0 Å². The van der Waals surface area contributed by atoms with Gasteiger partial charge in [-0.1, -0.05) is 101 Å². The fraction of sp³-hybridized carbons (Fsp3) is 0. The normalized spacial score (nSPS) is 11.7. The highest BCUT2D eigenvalue weighted by Crippen LogP contribution is 2.40. The molecule has 0 nitrogen and oxygen atoms in total. The van der Waals surface area contributed by atoms with Crippen LogP contribution in [0.15, 0.2) is 30.3 Å². The Morgan fingerprint density at radius 1 is 0.164 bits per heavy atom. The second-order valence-corrected chi connectivity index (χ2v) is 14.9. The fourth-order valence-corrected chi connectivity index (χ4v) is 8.69. The average molecular weight is 713 g/mol. The Labute approximate surface area is 384 Å². The number of hydrogen-bond acceptors (Lipinski definition) is 0. The van der Waals surface area contributed by atoms with Crippen molar-refractivity contribution in [3.05, 3.63) is 30.3 Å². The minimum Gasteiger partial charge on any atom is -0.110 e. The zero-order chi connectivity index (χ0) is 44.7. The van der Waals surface area contributed by atoms with Gasteiger partial charge < -0.3 is 0 Å². The maximum atomic E-state index is 7.43. The van der Waals surface area contributed by atoms with Crippen LogP contribution in [-0.4, -0.2) is 165 Å². The van der Waals surface area contributed by atoms with E-state index < -0.39 is 0 Å². The second-order valence-electron chi connectivity index (χ2n) is 14.9. The Morgan fingerprint density at radius 3 is 0.738 bits per heavy atom. The van der Waals surface area contributed by atoms with E-state index >= 15 is 0 Å². The van der Waals surface area contributed by atoms with Crippen LogP contribution in [0, 0.1) is 0 Å². The predicted molar refractivity (Wildman–Crippen MR) is 286 cm³/mol. The summed E-state index contributed by atoms with van der Waals surface area (Å²) >= 11 is 0. The van der Waals surface area contributed by atoms with Crippen molar-refractivity contribution < 1.29 is 0 Å². The molecule has 8 rings (SSSR count). The molecule has 0 bridgehead atoms. The molecule has 0 aliphatic carbocycles. The summed E-state index contributed by atoms with van der Waals surface area (Å²) in [6.07, 6.45) is 0. The highest BCUT2D eigenvalue weighted by molar-refractivity contribution is 6.76. The van der Waals surface area contributed by atoms with Crippen LogP contribution in [0.25, 0.3) is 76.5 Å². The molecule has 0 heterocycles. The Kier molecular flexibility index (Phi) is 10.9. The van der Waals surface area contributed by atoms with E-state index in [0.29, 0.717) is 21.9 Å². The molecular weight excluding hydrogens is 707 g/mol. The van der Waals surface area contributed by atoms with E-state index in [0.717, 1.165) is 0 Å². The third kappa shape index (κ3) is 5.83. The van der Waals surface area contributed by atoms with Crippen molar-refractivity contribution in [2.24, 2.45) is 0 Å². The molecular formula is C40H5B21. The summed E-state index contributed by atoms with van der Waals surface area (Å²) in [5, 5.41) is 1.35. The van der Waals surface area contributed by atoms with Crippen molar-refractivity contribution in [2.45, 2.75) is 0 Å². The van der Waals surface area contributed by atoms with Crippen molar-refractivity contribution in [2.75, 3.05) is 0 Å². The maximum absolute atomic E-state index is 7.43. The molecule has 0 fully saturated rings. The molecule has 0 saturated carbocycles. The molecule has 0 amide bonds. The van der Waals surface area contributed by atoms with Gasteiger partial charge in [-0.2, -0.15) is 0 Å². The summed E-state index contributed by atoms with van der Waals surface area (Å²) < 4.78 is 0. The van der Waals surface area contributed by atoms with Gasteiger partial charge in [-0.05, 0) is 76.5 Å². The average Bonchev–Trinajstić information content (AvgIpc) is 3.24. The summed E-state index contributed by atoms with van der Waals surface area (Å²) in [5.41, 5.74) is -0.0315. The number of fused-ring (bicyclic) bond motifs is 4. The minimum atomic E-state index is -0.131. The third-order valence-electron chi connectivity index (χ3n) is 11.9. The molecule has 8 aromatic carbocycles. The molecule has 61 heavy (non-hydrogen) atoms. The molecule has 0 aromatic heterocycles. The van der Waals surface area contributed by atoms with Crippen LogP contribution >= 0.6 is 0 Å². The third-order valence-corrected chi connectivity index (χ3v) is 11.9. The summed E-state index contributed by atoms with van der Waals surface area (Å²) in [4.78, 5) is 0. The van der Waals surface area contributed by atoms with Crippen LogP contribution in [0.2, 0.25) is 0 Å². The summed E-state index contributed by atoms with van der Waals surface area (Å²) in [7, 11) is 142. The van der Waals surface area contributed by atoms with Gasteiger partial charge in [0.05, 0.1) is 0 Å². The molecule has 0 atom stereocenters. The van der Waals surface area contributed by atoms with Gasteiger partial charge in [0.1, 0.15) is 165 Å². The minimum absolute atomic E-state index is 0.0141. The second kappa shape index (κ2) is 15.2. The largest absolute Gasteiger partial charge is 0.115 e. The van der Waals surface area contributed by atoms with Gasteiger partial charge in [-0.25, -0.2) is 0 Å². The number of rotatable bonds is 3. The first-order chi connectivity index (χ1) is 28.6. The lowest BCUT2D eigenvalue weighted by Crippen LogP contribution is -2.53. The van der Waals surface area contributed by atoms with Gasteiger partial charge >= 0.3 is 0 Å². The molecule has 21 heteroatoms. The SMILES string of the molecule is [B]c1c([B])c([B])c2c(-c3c([B])c([B])c([B])c4c([B])c([B])c(-c5c6c([B])c([B])c([B])c([B])c6c(-c6ccccc6)c6c([B])c([B])c([B])c([B])c56)c([B])c34)c([B])c([B])c([B])c2c1[B]. The van der Waals surface area contributed by atoms with Crippen LogP contribution in [0.1, 0.15) is 0 Å². The highest BCUT2D eigenvalue weighted by atomic mass is 14.3. The summed E-state index contributed by atoms with van der Waals surface area (Å²) in [6, 6.07) is 9.09. The fourth-order valence-electron chi connectivity index (χ4n) is 8.69. The molecule has 42 radical (unpaired) electrons. The van der Waals surface area contributed by atoms with E-state index in [4.69, 9.17) is 165 Å². The topological polar surface area (TPSA) is 0 Å². The molecule has 0 aliphatic heterocycles. The zero-order valence-corrected chi connectivity index (χ0v) is 32.5. The number of hydrogen-bond donors (Lipinski definition) is 0. The van der Waals surface area contributed by atoms with Crippen LogP contribution < -0.4 is 115 Å². The lowest BCUT2D eigenvalue weighted by Gasteiger charge is -2.32. The van der Waals surface area contributed by atoms with Crippen molar-refractivity contribution >= 4 is 323 Å². The maximum Gasteiger partial charge on any atom is 0.115 e. The van der Waals surface area contributed by atoms with Gasteiger partial charge in [-0.3, -0.25) is 0 Å². The van der Waals surface area contributed by atoms with Gasteiger partial charge in [0.15, 0.2) is 0 Å². The summed E-state index contributed by atoms with van der Waals surface area (Å²) in [6.45, 7) is 0. The van der Waals surface area contributed by atoms with E-state index in [1.54, 1.807) is 0 Å². The molecule has 0 aliphatic rings. The quantitative estimate of drug-likeness (QED) is 0.126. The van der Waals surface area contributed by atoms with Crippen molar-refractivity contribution in [1.82, 2.24) is 0 Å². The van der Waals surface area contributed by atoms with Crippen molar-refractivity contribution in [3.8, 4) is 33.4 Å². The Bertz CT molecular complexity index is 3270. The van der Waals surface area contributed by atoms with Crippen LogP contribution in [0.4, 0.5) is 0 Å². The van der Waals surface area contributed by atoms with Gasteiger partial charge in [0.2, 0.25) is 0 Å². The van der Waals surface area contributed by atoms with Gasteiger partial charge in [0.25, 0.3) is 0 Å². The van der Waals surface area contributed by atoms with E-state index in [1.807, 2.05) is 30.3 Å². The molecule has 8 aromatic rings. The Morgan fingerprint density at radius 2 is 0.393 bits per heavy atom. The Balaban J connectivity index is 1.75. The monoisotopic (exact) mass is 716 g/mol. The summed E-state index contributed by atoms with van der Waals surface area (Å²) in [5.74, 6) is 0. The van der Waals surface area contributed by atoms with E-state index in [-0.39, 0.29) is 169 Å². The molecule has 0 saturated heterocycles. The lowest BCUT2D eigenvalue weighted by atomic mass is 9.55. The van der Waals surface area contributed by atoms with Crippen molar-refractivity contribution in [1.29, 1.82) is 0 Å². The van der Waals surface area contributed by atoms with Gasteiger partial charge in [0, 0.05) is 0 Å². The molecule has 0 N–H and O–H groups in total. The number of benzene rings is 8. The lowest BCUT2D eigenvalue weighted by molar-refractivity contribution is 1.69. The smallest absolute Gasteiger partial charge is 0.110 e. The highest BCUT2D eigenvalue weighted by Gasteiger charge is 2.29.